The molecule has 0 unspecified atom stereocenters. The SMILES string of the molecule is O=C(NCC1CCN(C(=O)O)CC1)c1n[nH]c(=O)[nH]1. The molecule has 2 amide bonds. The fourth-order valence-corrected chi connectivity index (χ4v) is 2.03. The molecule has 9 heteroatoms. The van der Waals surface area contributed by atoms with E-state index < -0.39 is 17.7 Å². The lowest BCUT2D eigenvalue weighted by atomic mass is 9.97. The van der Waals surface area contributed by atoms with Gasteiger partial charge in [0.2, 0.25) is 5.82 Å². The van der Waals surface area contributed by atoms with Crippen molar-refractivity contribution in [2.24, 2.45) is 5.92 Å². The first-order chi connectivity index (χ1) is 9.06. The van der Waals surface area contributed by atoms with Gasteiger partial charge in [-0.25, -0.2) is 14.7 Å². The summed E-state index contributed by atoms with van der Waals surface area (Å²) in [5.41, 5.74) is -0.528. The molecule has 0 atom stereocenters. The summed E-state index contributed by atoms with van der Waals surface area (Å²) < 4.78 is 0. The molecule has 1 aromatic rings. The van der Waals surface area contributed by atoms with Crippen LogP contribution >= 0.6 is 0 Å². The van der Waals surface area contributed by atoms with Gasteiger partial charge in [-0.15, -0.1) is 5.10 Å². The van der Waals surface area contributed by atoms with E-state index in [4.69, 9.17) is 5.11 Å². The highest BCUT2D eigenvalue weighted by molar-refractivity contribution is 5.90. The summed E-state index contributed by atoms with van der Waals surface area (Å²) in [7, 11) is 0. The number of carboxylic acid groups (broad SMARTS) is 1. The Hall–Kier alpha value is -2.32. The van der Waals surface area contributed by atoms with Crippen LogP contribution in [0.3, 0.4) is 0 Å². The van der Waals surface area contributed by atoms with Gasteiger partial charge in [-0.1, -0.05) is 0 Å². The number of likely N-dealkylation sites (tertiary alicyclic amines) is 1. The average molecular weight is 269 g/mol. The number of hydrogen-bond acceptors (Lipinski definition) is 4. The highest BCUT2D eigenvalue weighted by Crippen LogP contribution is 2.16. The van der Waals surface area contributed by atoms with Crippen LogP contribution in [0.5, 0.6) is 0 Å². The maximum Gasteiger partial charge on any atom is 0.407 e. The molecular formula is C10H15N5O4. The van der Waals surface area contributed by atoms with Gasteiger partial charge in [-0.05, 0) is 18.8 Å². The summed E-state index contributed by atoms with van der Waals surface area (Å²) in [6.45, 7) is 1.41. The van der Waals surface area contributed by atoms with Crippen LogP contribution in [0.4, 0.5) is 4.79 Å². The van der Waals surface area contributed by atoms with Gasteiger partial charge in [0, 0.05) is 19.6 Å². The Kier molecular flexibility index (Phi) is 3.83. The molecule has 9 nitrogen and oxygen atoms in total. The summed E-state index contributed by atoms with van der Waals surface area (Å²) in [5, 5.41) is 17.1. The Morgan fingerprint density at radius 3 is 2.63 bits per heavy atom. The number of nitrogens with zero attached hydrogens (tertiary/aromatic N) is 2. The van der Waals surface area contributed by atoms with E-state index in [0.717, 1.165) is 0 Å². The molecule has 19 heavy (non-hydrogen) atoms. The van der Waals surface area contributed by atoms with Gasteiger partial charge in [-0.2, -0.15) is 0 Å². The van der Waals surface area contributed by atoms with Crippen LogP contribution in [0.2, 0.25) is 0 Å². The van der Waals surface area contributed by atoms with Crippen molar-refractivity contribution in [3.63, 3.8) is 0 Å². The fourth-order valence-electron chi connectivity index (χ4n) is 2.03. The van der Waals surface area contributed by atoms with Crippen molar-refractivity contribution in [2.75, 3.05) is 19.6 Å². The predicted octanol–water partition coefficient (Wildman–Crippen LogP) is -0.782. The Morgan fingerprint density at radius 1 is 1.42 bits per heavy atom. The van der Waals surface area contributed by atoms with Crippen LogP contribution in [0.15, 0.2) is 4.79 Å². The molecule has 0 aliphatic carbocycles. The highest BCUT2D eigenvalue weighted by atomic mass is 16.4. The van der Waals surface area contributed by atoms with E-state index in [0.29, 0.717) is 32.5 Å². The lowest BCUT2D eigenvalue weighted by molar-refractivity contribution is 0.0919. The number of aromatic amines is 2. The van der Waals surface area contributed by atoms with E-state index in [1.54, 1.807) is 0 Å². The highest BCUT2D eigenvalue weighted by Gasteiger charge is 2.22. The van der Waals surface area contributed by atoms with Crippen LogP contribution in [-0.4, -0.2) is 56.8 Å². The second-order valence-corrected chi connectivity index (χ2v) is 4.45. The number of piperidine rings is 1. The van der Waals surface area contributed by atoms with Crippen LogP contribution < -0.4 is 11.0 Å². The Balaban J connectivity index is 1.76. The topological polar surface area (TPSA) is 131 Å². The molecule has 104 valence electrons. The smallest absolute Gasteiger partial charge is 0.407 e. The maximum absolute atomic E-state index is 11.6. The molecule has 0 radical (unpaired) electrons. The van der Waals surface area contributed by atoms with E-state index in [9.17, 15) is 14.4 Å². The minimum atomic E-state index is -0.906. The van der Waals surface area contributed by atoms with E-state index in [1.165, 1.54) is 4.90 Å². The molecule has 1 saturated heterocycles. The van der Waals surface area contributed by atoms with Crippen LogP contribution in [-0.2, 0) is 0 Å². The fraction of sp³-hybridized carbons (Fsp3) is 0.600. The molecule has 1 fully saturated rings. The first-order valence-corrected chi connectivity index (χ1v) is 5.97. The zero-order valence-electron chi connectivity index (χ0n) is 10.2. The number of rotatable bonds is 3. The Labute approximate surface area is 108 Å². The van der Waals surface area contributed by atoms with Gasteiger partial charge in [0.25, 0.3) is 5.91 Å². The van der Waals surface area contributed by atoms with Gasteiger partial charge in [0.05, 0.1) is 0 Å². The van der Waals surface area contributed by atoms with Crippen LogP contribution in [0, 0.1) is 5.92 Å². The van der Waals surface area contributed by atoms with Crippen molar-refractivity contribution in [1.29, 1.82) is 0 Å². The minimum Gasteiger partial charge on any atom is -0.465 e. The van der Waals surface area contributed by atoms with E-state index in [1.807, 2.05) is 0 Å². The molecule has 0 saturated carbocycles. The summed E-state index contributed by atoms with van der Waals surface area (Å²) >= 11 is 0. The van der Waals surface area contributed by atoms with Crippen molar-refractivity contribution in [3.05, 3.63) is 16.3 Å². The zero-order chi connectivity index (χ0) is 13.8. The number of H-pyrrole nitrogens is 2. The van der Waals surface area contributed by atoms with Gasteiger partial charge in [0.1, 0.15) is 0 Å². The largest absolute Gasteiger partial charge is 0.465 e. The minimum absolute atomic E-state index is 0.0482. The molecule has 2 heterocycles. The second-order valence-electron chi connectivity index (χ2n) is 4.45. The maximum atomic E-state index is 11.6. The molecule has 2 rings (SSSR count). The first-order valence-electron chi connectivity index (χ1n) is 5.97. The van der Waals surface area contributed by atoms with Gasteiger partial charge in [0.15, 0.2) is 0 Å². The van der Waals surface area contributed by atoms with Crippen molar-refractivity contribution >= 4 is 12.0 Å². The van der Waals surface area contributed by atoms with Crippen molar-refractivity contribution in [3.8, 4) is 0 Å². The first kappa shape index (κ1) is 13.1. The summed E-state index contributed by atoms with van der Waals surface area (Å²) in [4.78, 5) is 36.7. The van der Waals surface area contributed by atoms with Gasteiger partial charge in [-0.3, -0.25) is 9.78 Å². The van der Waals surface area contributed by atoms with Crippen molar-refractivity contribution in [2.45, 2.75) is 12.8 Å². The third-order valence-electron chi connectivity index (χ3n) is 3.15. The number of nitrogens with one attached hydrogen (secondary N) is 3. The van der Waals surface area contributed by atoms with E-state index >= 15 is 0 Å². The normalized spacial score (nSPS) is 16.3. The average Bonchev–Trinajstić information content (AvgIpc) is 2.83. The molecular weight excluding hydrogens is 254 g/mol. The summed E-state index contributed by atoms with van der Waals surface area (Å²) in [5.74, 6) is -0.253. The van der Waals surface area contributed by atoms with Crippen molar-refractivity contribution < 1.29 is 14.7 Å². The van der Waals surface area contributed by atoms with Crippen LogP contribution in [0.1, 0.15) is 23.5 Å². The lowest BCUT2D eigenvalue weighted by Crippen LogP contribution is -2.41. The molecule has 4 N–H and O–H groups in total. The molecule has 1 aromatic heterocycles. The van der Waals surface area contributed by atoms with Gasteiger partial charge >= 0.3 is 11.8 Å². The molecule has 0 bridgehead atoms. The third kappa shape index (κ3) is 3.33. The zero-order valence-corrected chi connectivity index (χ0v) is 10.2. The number of hydrogen-bond donors (Lipinski definition) is 4. The number of amides is 2. The summed E-state index contributed by atoms with van der Waals surface area (Å²) in [6, 6.07) is 0. The molecule has 0 spiro atoms. The number of aromatic nitrogens is 3. The predicted molar refractivity (Wildman–Crippen MR) is 63.9 cm³/mol. The number of carbonyl (C=O) groups is 2. The molecule has 1 aliphatic heterocycles. The Bertz CT molecular complexity index is 514. The molecule has 1 aliphatic rings. The standard InChI is InChI=1S/C10H15N5O4/c16-8(7-12-9(17)14-13-7)11-5-6-1-3-15(4-2-6)10(18)19/h6H,1-5H2,(H,11,16)(H,18,19)(H2,12,13,14,17). The van der Waals surface area contributed by atoms with Crippen molar-refractivity contribution in [1.82, 2.24) is 25.4 Å². The van der Waals surface area contributed by atoms with Gasteiger partial charge < -0.3 is 15.3 Å². The van der Waals surface area contributed by atoms with E-state index in [-0.39, 0.29) is 11.7 Å². The van der Waals surface area contributed by atoms with Crippen LogP contribution in [0.25, 0.3) is 0 Å². The number of carbonyl (C=O) groups excluding carboxylic acids is 1. The summed E-state index contributed by atoms with van der Waals surface area (Å²) in [6.07, 6.45) is 0.518. The quantitative estimate of drug-likeness (QED) is 0.571. The Morgan fingerprint density at radius 2 is 2.11 bits per heavy atom. The third-order valence-corrected chi connectivity index (χ3v) is 3.15. The lowest BCUT2D eigenvalue weighted by Gasteiger charge is -2.29. The molecule has 0 aromatic carbocycles. The monoisotopic (exact) mass is 269 g/mol. The second kappa shape index (κ2) is 5.55. The van der Waals surface area contributed by atoms with E-state index in [2.05, 4.69) is 20.5 Å².